The van der Waals surface area contributed by atoms with Crippen molar-refractivity contribution in [2.24, 2.45) is 0 Å². The molecule has 0 saturated carbocycles. The Labute approximate surface area is 124 Å². The van der Waals surface area contributed by atoms with E-state index in [9.17, 15) is 19.1 Å². The lowest BCUT2D eigenvalue weighted by molar-refractivity contribution is -0.0491. The number of nitrogens with one attached hydrogen (secondary N) is 1. The summed E-state index contributed by atoms with van der Waals surface area (Å²) < 4.78 is 24.5. The summed E-state index contributed by atoms with van der Waals surface area (Å²) in [6.45, 7) is 1.19. The molecule has 0 aromatic carbocycles. The summed E-state index contributed by atoms with van der Waals surface area (Å²) in [5.74, 6) is -0.0626. The number of alkyl halides is 1. The van der Waals surface area contributed by atoms with Crippen LogP contribution in [0.15, 0.2) is 17.1 Å². The number of anilines is 1. The number of rotatable bonds is 4. The van der Waals surface area contributed by atoms with Crippen LogP contribution in [0.2, 0.25) is 0 Å². The zero-order valence-corrected chi connectivity index (χ0v) is 11.7. The third-order valence-corrected chi connectivity index (χ3v) is 3.08. The highest BCUT2D eigenvalue weighted by atomic mass is 19.1. The van der Waals surface area contributed by atoms with Crippen LogP contribution in [-0.4, -0.2) is 57.5 Å². The zero-order chi connectivity index (χ0) is 16.3. The van der Waals surface area contributed by atoms with E-state index < -0.39 is 43.0 Å². The van der Waals surface area contributed by atoms with Gasteiger partial charge in [-0.15, -0.1) is 0 Å². The molecule has 2 heterocycles. The molecule has 9 nitrogen and oxygen atoms in total. The number of amides is 1. The Bertz CT molecular complexity index is 594. The van der Waals surface area contributed by atoms with Crippen LogP contribution in [0.5, 0.6) is 0 Å². The van der Waals surface area contributed by atoms with E-state index in [2.05, 4.69) is 15.0 Å². The van der Waals surface area contributed by atoms with Gasteiger partial charge in [0, 0.05) is 6.20 Å². The van der Waals surface area contributed by atoms with Crippen molar-refractivity contribution in [3.05, 3.63) is 22.7 Å². The molecule has 1 fully saturated rings. The van der Waals surface area contributed by atoms with Crippen LogP contribution in [0.4, 0.5) is 15.0 Å². The molecule has 1 aromatic heterocycles. The van der Waals surface area contributed by atoms with Crippen molar-refractivity contribution in [3.63, 3.8) is 0 Å². The number of carbonyl (C=O) groups is 1. The van der Waals surface area contributed by atoms with Crippen molar-refractivity contribution < 1.29 is 28.9 Å². The predicted octanol–water partition coefficient (Wildman–Crippen LogP) is -0.600. The number of hydrogen-bond acceptors (Lipinski definition) is 7. The summed E-state index contributed by atoms with van der Waals surface area (Å²) in [7, 11) is 0. The quantitative estimate of drug-likeness (QED) is 0.677. The van der Waals surface area contributed by atoms with Crippen LogP contribution in [-0.2, 0) is 9.47 Å². The Morgan fingerprint density at radius 2 is 2.36 bits per heavy atom. The minimum atomic E-state index is -1.89. The maximum Gasteiger partial charge on any atom is 0.412 e. The fourth-order valence-electron chi connectivity index (χ4n) is 2.03. The minimum Gasteiger partial charge on any atom is -0.450 e. The summed E-state index contributed by atoms with van der Waals surface area (Å²) in [6.07, 6.45) is -5.56. The molecule has 0 aliphatic carbocycles. The average Bonchev–Trinajstić information content (AvgIpc) is 2.75. The molecule has 2 rings (SSSR count). The van der Waals surface area contributed by atoms with E-state index in [4.69, 9.17) is 9.84 Å². The summed E-state index contributed by atoms with van der Waals surface area (Å²) in [5, 5.41) is 20.7. The van der Waals surface area contributed by atoms with Crippen molar-refractivity contribution in [1.82, 2.24) is 9.55 Å². The zero-order valence-electron chi connectivity index (χ0n) is 11.7. The van der Waals surface area contributed by atoms with Crippen LogP contribution >= 0.6 is 0 Å². The van der Waals surface area contributed by atoms with E-state index >= 15 is 0 Å². The maximum absolute atomic E-state index is 13.9. The summed E-state index contributed by atoms with van der Waals surface area (Å²) in [5.41, 5.74) is -0.882. The largest absolute Gasteiger partial charge is 0.450 e. The normalized spacial score (nSPS) is 27.6. The molecule has 1 amide bonds. The second kappa shape index (κ2) is 6.81. The van der Waals surface area contributed by atoms with E-state index in [0.29, 0.717) is 0 Å². The monoisotopic (exact) mass is 317 g/mol. The van der Waals surface area contributed by atoms with Crippen LogP contribution in [0.25, 0.3) is 0 Å². The highest BCUT2D eigenvalue weighted by molar-refractivity contribution is 5.83. The number of halogens is 1. The van der Waals surface area contributed by atoms with Crippen molar-refractivity contribution in [2.75, 3.05) is 18.5 Å². The number of ether oxygens (including phenoxy) is 2. The first kappa shape index (κ1) is 16.3. The van der Waals surface area contributed by atoms with Gasteiger partial charge in [0.15, 0.2) is 12.4 Å². The molecule has 1 aliphatic rings. The van der Waals surface area contributed by atoms with Gasteiger partial charge >= 0.3 is 11.8 Å². The first-order valence-corrected chi connectivity index (χ1v) is 6.59. The van der Waals surface area contributed by atoms with Crippen LogP contribution in [0, 0.1) is 0 Å². The lowest BCUT2D eigenvalue weighted by Gasteiger charge is -2.16. The SMILES string of the molecule is CCOC(=O)Nc1ccn([C@@H]2O[C@H](CO)[C@@H](O)[C@@H]2F)c(=O)n1. The van der Waals surface area contributed by atoms with Gasteiger partial charge in [-0.25, -0.2) is 14.0 Å². The second-order valence-corrected chi connectivity index (χ2v) is 4.53. The van der Waals surface area contributed by atoms with Crippen LogP contribution in [0.1, 0.15) is 13.2 Å². The Morgan fingerprint density at radius 3 is 2.91 bits per heavy atom. The van der Waals surface area contributed by atoms with Crippen molar-refractivity contribution in [1.29, 1.82) is 0 Å². The van der Waals surface area contributed by atoms with Gasteiger partial charge in [0.05, 0.1) is 13.2 Å². The van der Waals surface area contributed by atoms with Gasteiger partial charge in [-0.3, -0.25) is 9.88 Å². The number of aliphatic hydroxyl groups excluding tert-OH is 2. The molecule has 4 atom stereocenters. The van der Waals surface area contributed by atoms with Gasteiger partial charge < -0.3 is 19.7 Å². The van der Waals surface area contributed by atoms with Crippen molar-refractivity contribution in [2.45, 2.75) is 31.5 Å². The van der Waals surface area contributed by atoms with E-state index in [1.165, 1.54) is 12.3 Å². The molecule has 10 heteroatoms. The van der Waals surface area contributed by atoms with Crippen molar-refractivity contribution >= 4 is 11.9 Å². The molecule has 122 valence electrons. The first-order valence-electron chi connectivity index (χ1n) is 6.59. The van der Waals surface area contributed by atoms with Gasteiger partial charge in [0.25, 0.3) is 0 Å². The Balaban J connectivity index is 2.17. The summed E-state index contributed by atoms with van der Waals surface area (Å²) >= 11 is 0. The summed E-state index contributed by atoms with van der Waals surface area (Å²) in [4.78, 5) is 26.7. The lowest BCUT2D eigenvalue weighted by atomic mass is 10.1. The number of hydrogen-bond donors (Lipinski definition) is 3. The molecule has 1 aliphatic heterocycles. The molecule has 0 bridgehead atoms. The van der Waals surface area contributed by atoms with Crippen LogP contribution in [0.3, 0.4) is 0 Å². The third-order valence-electron chi connectivity index (χ3n) is 3.08. The molecule has 1 aromatic rings. The van der Waals surface area contributed by atoms with Gasteiger partial charge in [-0.1, -0.05) is 0 Å². The average molecular weight is 317 g/mol. The molecule has 22 heavy (non-hydrogen) atoms. The smallest absolute Gasteiger partial charge is 0.412 e. The Morgan fingerprint density at radius 1 is 1.64 bits per heavy atom. The molecule has 0 unspecified atom stereocenters. The Hall–Kier alpha value is -2.04. The number of nitrogens with zero attached hydrogens (tertiary/aromatic N) is 2. The minimum absolute atomic E-state index is 0.0626. The van der Waals surface area contributed by atoms with Gasteiger partial charge in [0.2, 0.25) is 0 Å². The van der Waals surface area contributed by atoms with Gasteiger partial charge in [-0.2, -0.15) is 4.98 Å². The molecule has 1 saturated heterocycles. The summed E-state index contributed by atoms with van der Waals surface area (Å²) in [6, 6.07) is 1.26. The third kappa shape index (κ3) is 3.24. The lowest BCUT2D eigenvalue weighted by Crippen LogP contribution is -2.33. The van der Waals surface area contributed by atoms with E-state index in [0.717, 1.165) is 4.57 Å². The first-order chi connectivity index (χ1) is 10.5. The maximum atomic E-state index is 13.9. The standard InChI is InChI=1S/C12H16FN3O6/c1-2-21-12(20)15-7-3-4-16(11(19)14-7)10-8(13)9(18)6(5-17)22-10/h3-4,6,8-10,17-18H,2,5H2,1H3,(H,14,15,19,20)/t6-,8+,9-,10-/m1/s1. The van der Waals surface area contributed by atoms with E-state index in [1.807, 2.05) is 0 Å². The fraction of sp³-hybridized carbons (Fsp3) is 0.583. The van der Waals surface area contributed by atoms with Crippen LogP contribution < -0.4 is 11.0 Å². The number of aromatic nitrogens is 2. The molecular formula is C12H16FN3O6. The number of aliphatic hydroxyl groups is 2. The number of carbonyl (C=O) groups excluding carboxylic acids is 1. The second-order valence-electron chi connectivity index (χ2n) is 4.53. The van der Waals surface area contributed by atoms with Crippen molar-refractivity contribution in [3.8, 4) is 0 Å². The van der Waals surface area contributed by atoms with E-state index in [1.54, 1.807) is 6.92 Å². The molecular weight excluding hydrogens is 301 g/mol. The highest BCUT2D eigenvalue weighted by Gasteiger charge is 2.45. The fourth-order valence-corrected chi connectivity index (χ4v) is 2.03. The van der Waals surface area contributed by atoms with Gasteiger partial charge in [-0.05, 0) is 13.0 Å². The topological polar surface area (TPSA) is 123 Å². The predicted molar refractivity (Wildman–Crippen MR) is 71.0 cm³/mol. The molecule has 3 N–H and O–H groups in total. The molecule has 0 radical (unpaired) electrons. The highest BCUT2D eigenvalue weighted by Crippen LogP contribution is 2.30. The Kier molecular flexibility index (Phi) is 5.06. The molecule has 0 spiro atoms. The van der Waals surface area contributed by atoms with E-state index in [-0.39, 0.29) is 12.4 Å². The van der Waals surface area contributed by atoms with Gasteiger partial charge in [0.1, 0.15) is 18.0 Å².